The number of halogens is 1. The fraction of sp³-hybridized carbons (Fsp3) is 0.269. The lowest BCUT2D eigenvalue weighted by Gasteiger charge is -2.43. The van der Waals surface area contributed by atoms with E-state index in [1.807, 2.05) is 12.3 Å². The van der Waals surface area contributed by atoms with E-state index in [0.29, 0.717) is 0 Å². The molecule has 0 amide bonds. The van der Waals surface area contributed by atoms with E-state index in [-0.39, 0.29) is 5.54 Å². The topological polar surface area (TPSA) is 15.6 Å². The molecule has 148 valence electrons. The maximum Gasteiger partial charge on any atom is 0.0636 e. The molecule has 1 heterocycles. The van der Waals surface area contributed by atoms with E-state index in [1.165, 1.54) is 27.6 Å². The summed E-state index contributed by atoms with van der Waals surface area (Å²) in [5.41, 5.74) is 5.60. The Morgan fingerprint density at radius 1 is 1.03 bits per heavy atom. The lowest BCUT2D eigenvalue weighted by molar-refractivity contribution is 0.550. The molecule has 29 heavy (non-hydrogen) atoms. The van der Waals surface area contributed by atoms with E-state index in [9.17, 15) is 0 Å². The fourth-order valence-electron chi connectivity index (χ4n) is 4.25. The van der Waals surface area contributed by atoms with Gasteiger partial charge in [0.2, 0.25) is 0 Å². The lowest BCUT2D eigenvalue weighted by Crippen LogP contribution is -2.45. The predicted molar refractivity (Wildman–Crippen MR) is 128 cm³/mol. The summed E-state index contributed by atoms with van der Waals surface area (Å²) < 4.78 is 0. The molecule has 2 nitrogen and oxygen atoms in total. The van der Waals surface area contributed by atoms with Crippen molar-refractivity contribution in [3.05, 3.63) is 76.8 Å². The summed E-state index contributed by atoms with van der Waals surface area (Å²) in [5, 5.41) is 3.15. The van der Waals surface area contributed by atoms with Crippen molar-refractivity contribution in [1.29, 1.82) is 0 Å². The van der Waals surface area contributed by atoms with Crippen LogP contribution in [0.5, 0.6) is 0 Å². The van der Waals surface area contributed by atoms with Crippen LogP contribution in [-0.4, -0.2) is 18.3 Å². The minimum absolute atomic E-state index is 0.0167. The van der Waals surface area contributed by atoms with Crippen LogP contribution >= 0.6 is 11.6 Å². The molecule has 0 spiro atoms. The van der Waals surface area contributed by atoms with Crippen LogP contribution in [0.1, 0.15) is 45.2 Å². The summed E-state index contributed by atoms with van der Waals surface area (Å²) in [5.74, 6) is 0. The first-order valence-corrected chi connectivity index (χ1v) is 10.6. The third-order valence-electron chi connectivity index (χ3n) is 5.63. The van der Waals surface area contributed by atoms with Crippen LogP contribution in [0.3, 0.4) is 0 Å². The Kier molecular flexibility index (Phi) is 5.23. The van der Waals surface area contributed by atoms with Crippen molar-refractivity contribution in [2.75, 3.05) is 11.4 Å². The highest BCUT2D eigenvalue weighted by molar-refractivity contribution is 6.33. The smallest absolute Gasteiger partial charge is 0.0636 e. The molecule has 3 aromatic carbocycles. The Labute approximate surface area is 178 Å². The van der Waals surface area contributed by atoms with Crippen molar-refractivity contribution in [2.24, 2.45) is 4.99 Å². The number of rotatable bonds is 4. The van der Waals surface area contributed by atoms with Gasteiger partial charge in [-0.1, -0.05) is 54.9 Å². The zero-order chi connectivity index (χ0) is 20.6. The van der Waals surface area contributed by atoms with Gasteiger partial charge < -0.3 is 4.90 Å². The molecule has 1 aliphatic rings. The van der Waals surface area contributed by atoms with Gasteiger partial charge in [-0.3, -0.25) is 4.99 Å². The quantitative estimate of drug-likeness (QED) is 0.409. The molecule has 0 atom stereocenters. The van der Waals surface area contributed by atoms with Gasteiger partial charge in [0.15, 0.2) is 0 Å². The van der Waals surface area contributed by atoms with Crippen molar-refractivity contribution in [3.8, 4) is 0 Å². The van der Waals surface area contributed by atoms with Gasteiger partial charge in [-0.25, -0.2) is 0 Å². The van der Waals surface area contributed by atoms with Gasteiger partial charge in [0.1, 0.15) is 0 Å². The molecule has 0 aliphatic carbocycles. The lowest BCUT2D eigenvalue weighted by atomic mass is 9.88. The summed E-state index contributed by atoms with van der Waals surface area (Å²) >= 11 is 6.69. The Balaban J connectivity index is 1.72. The van der Waals surface area contributed by atoms with E-state index in [0.717, 1.165) is 29.2 Å². The highest BCUT2D eigenvalue weighted by atomic mass is 35.5. The second kappa shape index (κ2) is 7.68. The molecule has 0 fully saturated rings. The molecular weight excluding hydrogens is 376 g/mol. The zero-order valence-corrected chi connectivity index (χ0v) is 18.3. The van der Waals surface area contributed by atoms with Crippen molar-refractivity contribution >= 4 is 45.5 Å². The Bertz CT molecular complexity index is 1120. The number of fused-ring (bicyclic) bond motifs is 2. The minimum Gasteiger partial charge on any atom is -0.362 e. The van der Waals surface area contributed by atoms with Gasteiger partial charge >= 0.3 is 0 Å². The average Bonchev–Trinajstić information content (AvgIpc) is 2.69. The van der Waals surface area contributed by atoms with Crippen LogP contribution in [0, 0.1) is 0 Å². The van der Waals surface area contributed by atoms with Gasteiger partial charge in [-0.05, 0) is 67.8 Å². The first-order valence-electron chi connectivity index (χ1n) is 10.2. The standard InChI is InChI=1S/C26H27ClN2/c1-5-12-29-25-15-24(27)21(14-23(25)18(2)16-26(29,3)4)17-28-22-11-10-19-8-6-7-9-20(19)13-22/h6-11,13-17H,5,12H2,1-4H3. The number of hydrogen-bond donors (Lipinski definition) is 0. The van der Waals surface area contributed by atoms with Crippen molar-refractivity contribution in [3.63, 3.8) is 0 Å². The monoisotopic (exact) mass is 402 g/mol. The number of hydrogen-bond acceptors (Lipinski definition) is 2. The molecule has 0 N–H and O–H groups in total. The molecule has 1 aliphatic heterocycles. The van der Waals surface area contributed by atoms with Crippen molar-refractivity contribution in [2.45, 2.75) is 39.7 Å². The zero-order valence-electron chi connectivity index (χ0n) is 17.5. The molecule has 0 saturated heterocycles. The number of aliphatic imine (C=N–C) groups is 1. The van der Waals surface area contributed by atoms with E-state index in [1.54, 1.807) is 0 Å². The van der Waals surface area contributed by atoms with E-state index < -0.39 is 0 Å². The molecule has 0 unspecified atom stereocenters. The van der Waals surface area contributed by atoms with Gasteiger partial charge in [-0.15, -0.1) is 0 Å². The molecular formula is C26H27ClN2. The van der Waals surface area contributed by atoms with Crippen LogP contribution in [-0.2, 0) is 0 Å². The van der Waals surface area contributed by atoms with Crippen LogP contribution in [0.4, 0.5) is 11.4 Å². The molecule has 0 radical (unpaired) electrons. The Morgan fingerprint density at radius 3 is 2.55 bits per heavy atom. The molecule has 0 saturated carbocycles. The second-order valence-electron chi connectivity index (χ2n) is 8.31. The van der Waals surface area contributed by atoms with Crippen LogP contribution in [0.15, 0.2) is 65.7 Å². The maximum atomic E-state index is 6.69. The summed E-state index contributed by atoms with van der Waals surface area (Å²) in [6, 6.07) is 18.9. The summed E-state index contributed by atoms with van der Waals surface area (Å²) in [6.07, 6.45) is 5.33. The highest BCUT2D eigenvalue weighted by Gasteiger charge is 2.31. The summed E-state index contributed by atoms with van der Waals surface area (Å²) in [6.45, 7) is 9.93. The van der Waals surface area contributed by atoms with Crippen LogP contribution in [0.25, 0.3) is 16.3 Å². The first kappa shape index (κ1) is 19.7. The highest BCUT2D eigenvalue weighted by Crippen LogP contribution is 2.41. The third-order valence-corrected chi connectivity index (χ3v) is 5.96. The Morgan fingerprint density at radius 2 is 1.79 bits per heavy atom. The summed E-state index contributed by atoms with van der Waals surface area (Å²) in [4.78, 5) is 7.15. The van der Waals surface area contributed by atoms with E-state index in [4.69, 9.17) is 16.6 Å². The normalized spacial score (nSPS) is 15.6. The van der Waals surface area contributed by atoms with E-state index >= 15 is 0 Å². The van der Waals surface area contributed by atoms with Crippen molar-refractivity contribution in [1.82, 2.24) is 0 Å². The number of benzene rings is 3. The minimum atomic E-state index is -0.0167. The fourth-order valence-corrected chi connectivity index (χ4v) is 4.45. The molecule has 3 heteroatoms. The molecule has 0 aromatic heterocycles. The van der Waals surface area contributed by atoms with Crippen LogP contribution in [0.2, 0.25) is 5.02 Å². The largest absolute Gasteiger partial charge is 0.362 e. The summed E-state index contributed by atoms with van der Waals surface area (Å²) in [7, 11) is 0. The van der Waals surface area contributed by atoms with Crippen LogP contribution < -0.4 is 4.90 Å². The number of nitrogens with zero attached hydrogens (tertiary/aromatic N) is 2. The molecule has 3 aromatic rings. The number of anilines is 1. The molecule has 4 rings (SSSR count). The van der Waals surface area contributed by atoms with E-state index in [2.05, 4.69) is 87.2 Å². The number of allylic oxidation sites excluding steroid dienone is 1. The van der Waals surface area contributed by atoms with Crippen molar-refractivity contribution < 1.29 is 0 Å². The average molecular weight is 403 g/mol. The maximum absolute atomic E-state index is 6.69. The second-order valence-corrected chi connectivity index (χ2v) is 8.72. The van der Waals surface area contributed by atoms with Gasteiger partial charge in [0.05, 0.1) is 16.2 Å². The molecule has 0 bridgehead atoms. The predicted octanol–water partition coefficient (Wildman–Crippen LogP) is 7.66. The third kappa shape index (κ3) is 3.82. The van der Waals surface area contributed by atoms with Gasteiger partial charge in [0.25, 0.3) is 0 Å². The SMILES string of the molecule is CCCN1c2cc(Cl)c(C=Nc3ccc4ccccc4c3)cc2C(C)=CC1(C)C. The van der Waals surface area contributed by atoms with Gasteiger partial charge in [0, 0.05) is 29.6 Å². The first-order chi connectivity index (χ1) is 13.9. The van der Waals surface area contributed by atoms with Gasteiger partial charge in [-0.2, -0.15) is 0 Å². The Hall–Kier alpha value is -2.58.